The van der Waals surface area contributed by atoms with Gasteiger partial charge in [0.15, 0.2) is 12.6 Å². The van der Waals surface area contributed by atoms with Crippen LogP contribution in [0.3, 0.4) is 0 Å². The molecule has 0 spiro atoms. The summed E-state index contributed by atoms with van der Waals surface area (Å²) in [6.45, 7) is 5.84. The van der Waals surface area contributed by atoms with Crippen molar-refractivity contribution in [3.8, 4) is 5.75 Å². The maximum absolute atomic E-state index is 13.8. The topological polar surface area (TPSA) is 74.8 Å². The fraction of sp³-hybridized carbons (Fsp3) is 0.333. The van der Waals surface area contributed by atoms with E-state index in [2.05, 4.69) is 20.9 Å². The van der Waals surface area contributed by atoms with Gasteiger partial charge in [-0.05, 0) is 37.6 Å². The molecule has 0 aliphatic carbocycles. The van der Waals surface area contributed by atoms with E-state index in [-0.39, 0.29) is 42.3 Å². The fourth-order valence-corrected chi connectivity index (χ4v) is 2.46. The third-order valence-electron chi connectivity index (χ3n) is 3.81. The van der Waals surface area contributed by atoms with Crippen LogP contribution in [-0.2, 0) is 17.9 Å². The molecule has 158 valence electrons. The summed E-state index contributed by atoms with van der Waals surface area (Å²) in [7, 11) is 0. The number of amides is 1. The molecule has 3 N–H and O–H groups in total. The lowest BCUT2D eigenvalue weighted by Crippen LogP contribution is -2.37. The number of likely N-dealkylation sites (N-methyl/N-ethyl adjacent to an activating group) is 1. The predicted molar refractivity (Wildman–Crippen MR) is 124 cm³/mol. The number of aliphatic imine (C=N–C) groups is 1. The summed E-state index contributed by atoms with van der Waals surface area (Å²) in [5.74, 6) is 0.808. The molecule has 8 heteroatoms. The molecule has 0 unspecified atom stereocenters. The van der Waals surface area contributed by atoms with E-state index in [0.717, 1.165) is 5.56 Å². The van der Waals surface area contributed by atoms with Gasteiger partial charge in [0.2, 0.25) is 0 Å². The Morgan fingerprint density at radius 1 is 1.03 bits per heavy atom. The number of nitrogens with one attached hydrogen (secondary N) is 3. The van der Waals surface area contributed by atoms with E-state index in [9.17, 15) is 9.18 Å². The SMILES string of the molecule is CCNC(=O)COc1cccc(CN=C(NCC)NCc2ccccc2F)c1.I. The van der Waals surface area contributed by atoms with Crippen LogP contribution in [0.5, 0.6) is 5.75 Å². The Balaban J connectivity index is 0.00000420. The van der Waals surface area contributed by atoms with Crippen molar-refractivity contribution >= 4 is 35.8 Å². The Hall–Kier alpha value is -2.36. The number of rotatable bonds is 9. The summed E-state index contributed by atoms with van der Waals surface area (Å²) in [5, 5.41) is 8.96. The minimum Gasteiger partial charge on any atom is -0.484 e. The van der Waals surface area contributed by atoms with Gasteiger partial charge in [-0.15, -0.1) is 24.0 Å². The van der Waals surface area contributed by atoms with Crippen LogP contribution in [0.15, 0.2) is 53.5 Å². The van der Waals surface area contributed by atoms with Crippen molar-refractivity contribution in [3.63, 3.8) is 0 Å². The summed E-state index contributed by atoms with van der Waals surface area (Å²) in [6, 6.07) is 14.1. The standard InChI is InChI=1S/C21H27FN4O2.HI/c1-3-23-20(27)15-28-18-10-7-8-16(12-18)13-25-21(24-4-2)26-14-17-9-5-6-11-19(17)22;/h5-12H,3-4,13-15H2,1-2H3,(H,23,27)(H2,24,25,26);1H. The summed E-state index contributed by atoms with van der Waals surface area (Å²) >= 11 is 0. The van der Waals surface area contributed by atoms with E-state index in [1.165, 1.54) is 6.07 Å². The zero-order chi connectivity index (χ0) is 20.2. The Morgan fingerprint density at radius 3 is 2.52 bits per heavy atom. The minimum absolute atomic E-state index is 0. The van der Waals surface area contributed by atoms with Crippen LogP contribution >= 0.6 is 24.0 Å². The average molecular weight is 514 g/mol. The molecule has 2 rings (SSSR count). The summed E-state index contributed by atoms with van der Waals surface area (Å²) in [4.78, 5) is 16.0. The zero-order valence-corrected chi connectivity index (χ0v) is 19.0. The number of ether oxygens (including phenoxy) is 1. The molecule has 0 saturated carbocycles. The van der Waals surface area contributed by atoms with Crippen LogP contribution in [0.2, 0.25) is 0 Å². The number of benzene rings is 2. The molecule has 0 atom stereocenters. The highest BCUT2D eigenvalue weighted by molar-refractivity contribution is 14.0. The molecule has 0 saturated heterocycles. The van der Waals surface area contributed by atoms with E-state index in [1.54, 1.807) is 24.3 Å². The Labute approximate surface area is 188 Å². The maximum Gasteiger partial charge on any atom is 0.257 e. The highest BCUT2D eigenvalue weighted by atomic mass is 127. The van der Waals surface area contributed by atoms with Gasteiger partial charge in [0.1, 0.15) is 11.6 Å². The van der Waals surface area contributed by atoms with Crippen molar-refractivity contribution in [1.82, 2.24) is 16.0 Å². The molecule has 2 aromatic carbocycles. The first-order valence-corrected chi connectivity index (χ1v) is 9.36. The fourth-order valence-electron chi connectivity index (χ4n) is 2.46. The van der Waals surface area contributed by atoms with Gasteiger partial charge < -0.3 is 20.7 Å². The third-order valence-corrected chi connectivity index (χ3v) is 3.81. The molecule has 29 heavy (non-hydrogen) atoms. The number of guanidine groups is 1. The average Bonchev–Trinajstić information content (AvgIpc) is 2.70. The monoisotopic (exact) mass is 514 g/mol. The normalized spacial score (nSPS) is 10.7. The minimum atomic E-state index is -0.247. The van der Waals surface area contributed by atoms with Crippen molar-refractivity contribution in [2.24, 2.45) is 4.99 Å². The van der Waals surface area contributed by atoms with Gasteiger partial charge in [0.25, 0.3) is 5.91 Å². The van der Waals surface area contributed by atoms with Gasteiger partial charge in [-0.1, -0.05) is 30.3 Å². The van der Waals surface area contributed by atoms with Crippen molar-refractivity contribution in [3.05, 3.63) is 65.5 Å². The van der Waals surface area contributed by atoms with Crippen molar-refractivity contribution < 1.29 is 13.9 Å². The lowest BCUT2D eigenvalue weighted by atomic mass is 10.2. The van der Waals surface area contributed by atoms with Gasteiger partial charge in [0.05, 0.1) is 6.54 Å². The molecular weight excluding hydrogens is 486 g/mol. The molecule has 0 aliphatic heterocycles. The maximum atomic E-state index is 13.8. The van der Waals surface area contributed by atoms with E-state index in [4.69, 9.17) is 4.74 Å². The Kier molecular flexibility index (Phi) is 11.7. The van der Waals surface area contributed by atoms with Gasteiger partial charge in [0, 0.05) is 25.2 Å². The van der Waals surface area contributed by atoms with Crippen LogP contribution in [0.1, 0.15) is 25.0 Å². The van der Waals surface area contributed by atoms with E-state index < -0.39 is 0 Å². The van der Waals surface area contributed by atoms with Crippen LogP contribution in [0.4, 0.5) is 4.39 Å². The van der Waals surface area contributed by atoms with Gasteiger partial charge in [-0.2, -0.15) is 0 Å². The molecule has 1 amide bonds. The quantitative estimate of drug-likeness (QED) is 0.273. The van der Waals surface area contributed by atoms with E-state index in [0.29, 0.717) is 43.5 Å². The number of nitrogens with zero attached hydrogens (tertiary/aromatic N) is 1. The molecule has 0 radical (unpaired) electrons. The van der Waals surface area contributed by atoms with Crippen LogP contribution in [0, 0.1) is 5.82 Å². The first kappa shape index (κ1) is 24.7. The number of hydrogen-bond donors (Lipinski definition) is 3. The number of carbonyl (C=O) groups excluding carboxylic acids is 1. The van der Waals surface area contributed by atoms with Crippen LogP contribution in [0.25, 0.3) is 0 Å². The molecule has 0 bridgehead atoms. The summed E-state index contributed by atoms with van der Waals surface area (Å²) in [6.07, 6.45) is 0. The Morgan fingerprint density at radius 2 is 1.79 bits per heavy atom. The second-order valence-electron chi connectivity index (χ2n) is 6.03. The highest BCUT2D eigenvalue weighted by Gasteiger charge is 2.04. The third kappa shape index (κ3) is 9.12. The predicted octanol–water partition coefficient (Wildman–Crippen LogP) is 3.21. The molecule has 0 fully saturated rings. The van der Waals surface area contributed by atoms with E-state index in [1.807, 2.05) is 32.0 Å². The smallest absolute Gasteiger partial charge is 0.257 e. The summed E-state index contributed by atoms with van der Waals surface area (Å²) < 4.78 is 19.3. The first-order chi connectivity index (χ1) is 13.6. The first-order valence-electron chi connectivity index (χ1n) is 9.36. The largest absolute Gasteiger partial charge is 0.484 e. The van der Waals surface area contributed by atoms with E-state index >= 15 is 0 Å². The van der Waals surface area contributed by atoms with Crippen molar-refractivity contribution in [1.29, 1.82) is 0 Å². The molecule has 2 aromatic rings. The zero-order valence-electron chi connectivity index (χ0n) is 16.7. The van der Waals surface area contributed by atoms with Gasteiger partial charge >= 0.3 is 0 Å². The lowest BCUT2D eigenvalue weighted by Gasteiger charge is -2.12. The molecular formula is C21H28FIN4O2. The highest BCUT2D eigenvalue weighted by Crippen LogP contribution is 2.14. The van der Waals surface area contributed by atoms with Crippen molar-refractivity contribution in [2.75, 3.05) is 19.7 Å². The van der Waals surface area contributed by atoms with Crippen molar-refractivity contribution in [2.45, 2.75) is 26.9 Å². The lowest BCUT2D eigenvalue weighted by molar-refractivity contribution is -0.122. The molecule has 0 aromatic heterocycles. The molecule has 0 aliphatic rings. The van der Waals surface area contributed by atoms with Crippen LogP contribution in [-0.4, -0.2) is 31.6 Å². The molecule has 0 heterocycles. The number of halogens is 2. The second kappa shape index (κ2) is 13.8. The van der Waals surface area contributed by atoms with Crippen LogP contribution < -0.4 is 20.7 Å². The second-order valence-corrected chi connectivity index (χ2v) is 6.03. The number of carbonyl (C=O) groups is 1. The number of hydrogen-bond acceptors (Lipinski definition) is 3. The summed E-state index contributed by atoms with van der Waals surface area (Å²) in [5.41, 5.74) is 1.52. The molecule has 6 nitrogen and oxygen atoms in total. The van der Waals surface area contributed by atoms with Gasteiger partial charge in [-0.25, -0.2) is 9.38 Å². The van der Waals surface area contributed by atoms with Gasteiger partial charge in [-0.3, -0.25) is 4.79 Å². The Bertz CT molecular complexity index is 802.